The molecule has 1 saturated heterocycles. The lowest BCUT2D eigenvalue weighted by Gasteiger charge is -2.39. The van der Waals surface area contributed by atoms with Crippen molar-refractivity contribution < 1.29 is 14.9 Å². The molecule has 1 heterocycles. The highest BCUT2D eigenvalue weighted by Crippen LogP contribution is 2.25. The van der Waals surface area contributed by atoms with E-state index in [0.717, 1.165) is 37.4 Å². The van der Waals surface area contributed by atoms with Gasteiger partial charge in [-0.25, -0.2) is 0 Å². The first-order chi connectivity index (χ1) is 9.63. The molecule has 112 valence electrons. The second-order valence-electron chi connectivity index (χ2n) is 5.38. The smallest absolute Gasteiger partial charge is 0.120 e. The third kappa shape index (κ3) is 3.62. The number of aliphatic hydroxyl groups excluding tert-OH is 1. The number of ether oxygens (including phenoxy) is 1. The Hall–Kier alpha value is -1.30. The number of nitrogens with zero attached hydrogens (tertiary/aromatic N) is 2. The maximum atomic E-state index is 9.95. The minimum Gasteiger partial charge on any atom is -0.508 e. The number of aliphatic hydroxyl groups is 1. The molecule has 1 aromatic rings. The summed E-state index contributed by atoms with van der Waals surface area (Å²) in [6.45, 7) is 3.78. The lowest BCUT2D eigenvalue weighted by molar-refractivity contribution is 0.0738. The van der Waals surface area contributed by atoms with Gasteiger partial charge in [0.25, 0.3) is 0 Å². The summed E-state index contributed by atoms with van der Waals surface area (Å²) >= 11 is 0. The van der Waals surface area contributed by atoms with Crippen LogP contribution in [0.25, 0.3) is 0 Å². The van der Waals surface area contributed by atoms with Crippen molar-refractivity contribution in [2.75, 3.05) is 40.4 Å². The van der Waals surface area contributed by atoms with Crippen LogP contribution in [0.15, 0.2) is 18.2 Å². The average Bonchev–Trinajstić information content (AvgIpc) is 2.45. The zero-order valence-corrected chi connectivity index (χ0v) is 12.2. The maximum absolute atomic E-state index is 9.95. The molecule has 1 fully saturated rings. The highest BCUT2D eigenvalue weighted by molar-refractivity contribution is 5.39. The molecule has 1 aliphatic heterocycles. The van der Waals surface area contributed by atoms with Crippen LogP contribution in [0.2, 0.25) is 0 Å². The Morgan fingerprint density at radius 3 is 2.85 bits per heavy atom. The SMILES string of the molecule is COc1ccc(O)c(CN2CCN(C)[C@@H](CCO)C2)c1. The van der Waals surface area contributed by atoms with E-state index in [4.69, 9.17) is 9.84 Å². The number of likely N-dealkylation sites (N-methyl/N-ethyl adjacent to an activating group) is 1. The predicted octanol–water partition coefficient (Wildman–Crippen LogP) is 0.899. The lowest BCUT2D eigenvalue weighted by Crippen LogP contribution is -2.51. The van der Waals surface area contributed by atoms with E-state index < -0.39 is 0 Å². The monoisotopic (exact) mass is 280 g/mol. The van der Waals surface area contributed by atoms with Crippen molar-refractivity contribution in [2.24, 2.45) is 0 Å². The number of hydrogen-bond donors (Lipinski definition) is 2. The number of benzene rings is 1. The van der Waals surface area contributed by atoms with Crippen LogP contribution in [0.4, 0.5) is 0 Å². The minimum atomic E-state index is 0.216. The molecule has 20 heavy (non-hydrogen) atoms. The van der Waals surface area contributed by atoms with Gasteiger partial charge in [0.1, 0.15) is 11.5 Å². The van der Waals surface area contributed by atoms with Gasteiger partial charge < -0.3 is 19.8 Å². The fourth-order valence-corrected chi connectivity index (χ4v) is 2.67. The Morgan fingerprint density at radius 2 is 2.15 bits per heavy atom. The first-order valence-corrected chi connectivity index (χ1v) is 7.03. The number of piperazine rings is 1. The van der Waals surface area contributed by atoms with E-state index in [-0.39, 0.29) is 6.61 Å². The Bertz CT molecular complexity index is 439. The zero-order chi connectivity index (χ0) is 14.5. The van der Waals surface area contributed by atoms with Crippen molar-refractivity contribution in [3.05, 3.63) is 23.8 Å². The van der Waals surface area contributed by atoms with Crippen molar-refractivity contribution in [3.8, 4) is 11.5 Å². The van der Waals surface area contributed by atoms with Gasteiger partial charge in [0.2, 0.25) is 0 Å². The minimum absolute atomic E-state index is 0.216. The molecule has 2 rings (SSSR count). The third-order valence-electron chi connectivity index (χ3n) is 4.00. The molecule has 0 saturated carbocycles. The predicted molar refractivity (Wildman–Crippen MR) is 78.1 cm³/mol. The van der Waals surface area contributed by atoms with E-state index in [0.29, 0.717) is 18.3 Å². The van der Waals surface area contributed by atoms with Gasteiger partial charge in [-0.15, -0.1) is 0 Å². The Labute approximate surface area is 120 Å². The van der Waals surface area contributed by atoms with Crippen LogP contribution >= 0.6 is 0 Å². The summed E-state index contributed by atoms with van der Waals surface area (Å²) in [7, 11) is 3.73. The lowest BCUT2D eigenvalue weighted by atomic mass is 10.1. The number of methoxy groups -OCH3 is 1. The van der Waals surface area contributed by atoms with E-state index in [1.807, 2.05) is 6.07 Å². The summed E-state index contributed by atoms with van der Waals surface area (Å²) < 4.78 is 5.20. The summed E-state index contributed by atoms with van der Waals surface area (Å²) in [6.07, 6.45) is 0.789. The maximum Gasteiger partial charge on any atom is 0.120 e. The number of phenols is 1. The van der Waals surface area contributed by atoms with Crippen molar-refractivity contribution >= 4 is 0 Å². The zero-order valence-electron chi connectivity index (χ0n) is 12.2. The molecule has 5 nitrogen and oxygen atoms in total. The Morgan fingerprint density at radius 1 is 1.35 bits per heavy atom. The summed E-state index contributed by atoms with van der Waals surface area (Å²) in [4.78, 5) is 4.60. The molecule has 1 atom stereocenters. The number of aromatic hydroxyl groups is 1. The van der Waals surface area contributed by atoms with Crippen LogP contribution in [-0.2, 0) is 6.54 Å². The molecular weight excluding hydrogens is 256 g/mol. The van der Waals surface area contributed by atoms with Crippen molar-refractivity contribution in [1.82, 2.24) is 9.80 Å². The van der Waals surface area contributed by atoms with Crippen LogP contribution in [0.1, 0.15) is 12.0 Å². The Kier molecular flexibility index (Phi) is 5.23. The number of hydrogen-bond acceptors (Lipinski definition) is 5. The van der Waals surface area contributed by atoms with Gasteiger partial charge in [-0.3, -0.25) is 4.90 Å². The van der Waals surface area contributed by atoms with Crippen LogP contribution < -0.4 is 4.74 Å². The highest BCUT2D eigenvalue weighted by atomic mass is 16.5. The van der Waals surface area contributed by atoms with Crippen LogP contribution in [0, 0.1) is 0 Å². The fraction of sp³-hybridized carbons (Fsp3) is 0.600. The molecule has 0 amide bonds. The molecule has 5 heteroatoms. The molecule has 2 N–H and O–H groups in total. The van der Waals surface area contributed by atoms with E-state index in [2.05, 4.69) is 16.8 Å². The number of phenolic OH excluding ortho intramolecular Hbond substituents is 1. The molecule has 0 aromatic heterocycles. The molecule has 0 spiro atoms. The first kappa shape index (κ1) is 15.1. The molecule has 1 aliphatic rings. The van der Waals surface area contributed by atoms with Gasteiger partial charge in [0, 0.05) is 44.4 Å². The van der Waals surface area contributed by atoms with Crippen LogP contribution in [0.5, 0.6) is 11.5 Å². The van der Waals surface area contributed by atoms with E-state index in [1.165, 1.54) is 0 Å². The summed E-state index contributed by atoms with van der Waals surface area (Å²) in [5.74, 6) is 1.07. The van der Waals surface area contributed by atoms with Gasteiger partial charge in [-0.2, -0.15) is 0 Å². The Balaban J connectivity index is 2.02. The van der Waals surface area contributed by atoms with Gasteiger partial charge in [0.05, 0.1) is 7.11 Å². The van der Waals surface area contributed by atoms with Gasteiger partial charge in [-0.05, 0) is 31.7 Å². The van der Waals surface area contributed by atoms with Crippen molar-refractivity contribution in [1.29, 1.82) is 0 Å². The van der Waals surface area contributed by atoms with Crippen LogP contribution in [-0.4, -0.2) is 66.5 Å². The van der Waals surface area contributed by atoms with E-state index in [1.54, 1.807) is 19.2 Å². The van der Waals surface area contributed by atoms with Crippen molar-refractivity contribution in [3.63, 3.8) is 0 Å². The third-order valence-corrected chi connectivity index (χ3v) is 4.00. The van der Waals surface area contributed by atoms with E-state index >= 15 is 0 Å². The summed E-state index contributed by atoms with van der Waals surface area (Å²) in [5, 5.41) is 19.1. The normalized spacial score (nSPS) is 21.1. The van der Waals surface area contributed by atoms with Gasteiger partial charge in [0.15, 0.2) is 0 Å². The largest absolute Gasteiger partial charge is 0.508 e. The standard InChI is InChI=1S/C15H24N2O3/c1-16-6-7-17(11-13(16)5-8-18)10-12-9-14(20-2)3-4-15(12)19/h3-4,9,13,18-19H,5-8,10-11H2,1-2H3/t13-/m0/s1. The van der Waals surface area contributed by atoms with E-state index in [9.17, 15) is 5.11 Å². The summed E-state index contributed by atoms with van der Waals surface area (Å²) in [6, 6.07) is 5.70. The topological polar surface area (TPSA) is 56.2 Å². The molecule has 0 aliphatic carbocycles. The molecule has 0 bridgehead atoms. The second kappa shape index (κ2) is 6.92. The number of rotatable bonds is 5. The second-order valence-corrected chi connectivity index (χ2v) is 5.38. The molecule has 1 aromatic carbocycles. The molecule has 0 radical (unpaired) electrons. The highest BCUT2D eigenvalue weighted by Gasteiger charge is 2.24. The molecular formula is C15H24N2O3. The average molecular weight is 280 g/mol. The first-order valence-electron chi connectivity index (χ1n) is 7.03. The molecule has 0 unspecified atom stereocenters. The van der Waals surface area contributed by atoms with Crippen molar-refractivity contribution in [2.45, 2.75) is 19.0 Å². The van der Waals surface area contributed by atoms with Gasteiger partial charge in [-0.1, -0.05) is 0 Å². The van der Waals surface area contributed by atoms with Crippen LogP contribution in [0.3, 0.4) is 0 Å². The van der Waals surface area contributed by atoms with Gasteiger partial charge >= 0.3 is 0 Å². The fourth-order valence-electron chi connectivity index (χ4n) is 2.67. The quantitative estimate of drug-likeness (QED) is 0.839. The summed E-state index contributed by atoms with van der Waals surface area (Å²) in [5.41, 5.74) is 0.886.